The zero-order valence-corrected chi connectivity index (χ0v) is 13.8. The first-order valence-corrected chi connectivity index (χ1v) is 8.36. The van der Waals surface area contributed by atoms with Crippen molar-refractivity contribution in [2.75, 3.05) is 24.5 Å². The van der Waals surface area contributed by atoms with Gasteiger partial charge in [-0.2, -0.15) is 10.4 Å². The number of nitriles is 1. The molecule has 3 heterocycles. The molecule has 2 aliphatic heterocycles. The molecule has 2 aliphatic rings. The highest BCUT2D eigenvalue weighted by molar-refractivity contribution is 5.57. The minimum Gasteiger partial charge on any atom is -0.354 e. The lowest BCUT2D eigenvalue weighted by atomic mass is 10.0. The van der Waals surface area contributed by atoms with E-state index in [1.54, 1.807) is 0 Å². The predicted octanol–water partition coefficient (Wildman–Crippen LogP) is 2.42. The van der Waals surface area contributed by atoms with Gasteiger partial charge in [-0.25, -0.2) is 0 Å². The fourth-order valence-corrected chi connectivity index (χ4v) is 3.86. The van der Waals surface area contributed by atoms with Crippen LogP contribution in [0.25, 0.3) is 0 Å². The van der Waals surface area contributed by atoms with E-state index in [-0.39, 0.29) is 0 Å². The van der Waals surface area contributed by atoms with Crippen molar-refractivity contribution in [3.63, 3.8) is 0 Å². The van der Waals surface area contributed by atoms with Crippen LogP contribution in [0.5, 0.6) is 0 Å². The normalized spacial score (nSPS) is 23.7. The maximum Gasteiger partial charge on any atom is 0.169 e. The van der Waals surface area contributed by atoms with Gasteiger partial charge in [0.25, 0.3) is 0 Å². The summed E-state index contributed by atoms with van der Waals surface area (Å²) >= 11 is 0. The van der Waals surface area contributed by atoms with E-state index < -0.39 is 0 Å². The van der Waals surface area contributed by atoms with Crippen molar-refractivity contribution in [1.82, 2.24) is 15.1 Å². The molecule has 1 atom stereocenters. The molecule has 0 radical (unpaired) electrons. The number of anilines is 1. The SMILES string of the molecule is Cc1nnc(N2CCC(N3CCCC3C)CC2)c(C#N)c1C. The molecular weight excluding hydrogens is 274 g/mol. The number of nitrogens with zero attached hydrogens (tertiary/aromatic N) is 5. The summed E-state index contributed by atoms with van der Waals surface area (Å²) in [6, 6.07) is 3.74. The Labute approximate surface area is 132 Å². The van der Waals surface area contributed by atoms with Crippen molar-refractivity contribution in [3.05, 3.63) is 16.8 Å². The summed E-state index contributed by atoms with van der Waals surface area (Å²) in [6.45, 7) is 9.42. The van der Waals surface area contributed by atoms with E-state index in [9.17, 15) is 5.26 Å². The van der Waals surface area contributed by atoms with Crippen molar-refractivity contribution < 1.29 is 0 Å². The maximum absolute atomic E-state index is 9.46. The summed E-state index contributed by atoms with van der Waals surface area (Å²) in [4.78, 5) is 4.92. The van der Waals surface area contributed by atoms with Crippen molar-refractivity contribution in [2.45, 2.75) is 58.5 Å². The van der Waals surface area contributed by atoms with Gasteiger partial charge in [0.1, 0.15) is 11.6 Å². The summed E-state index contributed by atoms with van der Waals surface area (Å²) < 4.78 is 0. The Morgan fingerprint density at radius 2 is 1.82 bits per heavy atom. The molecule has 0 bridgehead atoms. The standard InChI is InChI=1S/C17H25N5/c1-12-5-4-8-22(12)15-6-9-21(10-7-15)17-16(11-18)13(2)14(3)19-20-17/h12,15H,4-10H2,1-3H3. The molecule has 0 aromatic carbocycles. The van der Waals surface area contributed by atoms with Gasteiger partial charge in [0.2, 0.25) is 0 Å². The lowest BCUT2D eigenvalue weighted by molar-refractivity contribution is 0.163. The molecule has 1 unspecified atom stereocenters. The number of rotatable bonds is 2. The maximum atomic E-state index is 9.46. The topological polar surface area (TPSA) is 56.1 Å². The van der Waals surface area contributed by atoms with Crippen molar-refractivity contribution in [1.29, 1.82) is 5.26 Å². The third-order valence-corrected chi connectivity index (χ3v) is 5.39. The lowest BCUT2D eigenvalue weighted by Crippen LogP contribution is -2.46. The minimum absolute atomic E-state index is 0.693. The second kappa shape index (κ2) is 6.21. The Bertz CT molecular complexity index is 583. The van der Waals surface area contributed by atoms with Crippen molar-refractivity contribution in [3.8, 4) is 6.07 Å². The summed E-state index contributed by atoms with van der Waals surface area (Å²) in [6.07, 6.45) is 4.98. The molecule has 0 N–H and O–H groups in total. The molecule has 2 saturated heterocycles. The molecule has 0 spiro atoms. The third kappa shape index (κ3) is 2.68. The first-order chi connectivity index (χ1) is 10.6. The van der Waals surface area contributed by atoms with E-state index in [2.05, 4.69) is 33.0 Å². The molecule has 0 saturated carbocycles. The van der Waals surface area contributed by atoms with Gasteiger partial charge in [0.15, 0.2) is 5.82 Å². The van der Waals surface area contributed by atoms with Crippen LogP contribution in [-0.2, 0) is 0 Å². The number of hydrogen-bond donors (Lipinski definition) is 0. The smallest absolute Gasteiger partial charge is 0.169 e. The largest absolute Gasteiger partial charge is 0.354 e. The molecule has 118 valence electrons. The Balaban J connectivity index is 1.72. The van der Waals surface area contributed by atoms with E-state index in [4.69, 9.17) is 0 Å². The first kappa shape index (κ1) is 15.2. The van der Waals surface area contributed by atoms with Crippen LogP contribution in [0.2, 0.25) is 0 Å². The lowest BCUT2D eigenvalue weighted by Gasteiger charge is -2.39. The van der Waals surface area contributed by atoms with Crippen molar-refractivity contribution in [2.24, 2.45) is 0 Å². The van der Waals surface area contributed by atoms with Gasteiger partial charge in [-0.3, -0.25) is 4.90 Å². The van der Waals surface area contributed by atoms with Gasteiger partial charge < -0.3 is 4.90 Å². The third-order valence-electron chi connectivity index (χ3n) is 5.39. The Morgan fingerprint density at radius 1 is 1.09 bits per heavy atom. The van der Waals surface area contributed by atoms with Gasteiger partial charge in [0, 0.05) is 25.2 Å². The molecule has 1 aromatic rings. The van der Waals surface area contributed by atoms with Crippen LogP contribution in [0, 0.1) is 25.2 Å². The molecule has 0 amide bonds. The minimum atomic E-state index is 0.693. The monoisotopic (exact) mass is 299 g/mol. The quantitative estimate of drug-likeness (QED) is 0.839. The number of likely N-dealkylation sites (tertiary alicyclic amines) is 1. The fraction of sp³-hybridized carbons (Fsp3) is 0.706. The average Bonchev–Trinajstić information content (AvgIpc) is 2.96. The zero-order valence-electron chi connectivity index (χ0n) is 13.8. The summed E-state index contributed by atoms with van der Waals surface area (Å²) in [5, 5.41) is 18.0. The van der Waals surface area contributed by atoms with Crippen LogP contribution >= 0.6 is 0 Å². The van der Waals surface area contributed by atoms with Crippen LogP contribution in [0.15, 0.2) is 0 Å². The van der Waals surface area contributed by atoms with Crippen LogP contribution in [0.3, 0.4) is 0 Å². The van der Waals surface area contributed by atoms with Crippen LogP contribution < -0.4 is 4.90 Å². The highest BCUT2D eigenvalue weighted by atomic mass is 15.3. The second-order valence-corrected chi connectivity index (χ2v) is 6.67. The predicted molar refractivity (Wildman–Crippen MR) is 86.9 cm³/mol. The summed E-state index contributed by atoms with van der Waals surface area (Å²) in [5.74, 6) is 0.776. The Hall–Kier alpha value is -1.67. The van der Waals surface area contributed by atoms with Crippen LogP contribution in [0.1, 0.15) is 49.4 Å². The van der Waals surface area contributed by atoms with E-state index in [0.717, 1.165) is 49.0 Å². The second-order valence-electron chi connectivity index (χ2n) is 6.67. The molecule has 3 rings (SSSR count). The zero-order chi connectivity index (χ0) is 15.7. The number of piperidine rings is 1. The number of aromatic nitrogens is 2. The molecular formula is C17H25N5. The van der Waals surface area contributed by atoms with Gasteiger partial charge in [-0.15, -0.1) is 5.10 Å². The highest BCUT2D eigenvalue weighted by Crippen LogP contribution is 2.29. The number of hydrogen-bond acceptors (Lipinski definition) is 5. The fourth-order valence-electron chi connectivity index (χ4n) is 3.86. The number of aryl methyl sites for hydroxylation is 1. The van der Waals surface area contributed by atoms with Gasteiger partial charge in [0.05, 0.1) is 5.69 Å². The van der Waals surface area contributed by atoms with Crippen LogP contribution in [-0.4, -0.2) is 46.8 Å². The summed E-state index contributed by atoms with van der Waals surface area (Å²) in [5.41, 5.74) is 2.50. The molecule has 0 aliphatic carbocycles. The van der Waals surface area contributed by atoms with E-state index in [0.29, 0.717) is 11.6 Å². The highest BCUT2D eigenvalue weighted by Gasteiger charge is 2.31. The molecule has 22 heavy (non-hydrogen) atoms. The van der Waals surface area contributed by atoms with Crippen molar-refractivity contribution >= 4 is 5.82 Å². The first-order valence-electron chi connectivity index (χ1n) is 8.36. The van der Waals surface area contributed by atoms with Gasteiger partial charge in [-0.05, 0) is 58.6 Å². The molecule has 1 aromatic heterocycles. The Morgan fingerprint density at radius 3 is 2.41 bits per heavy atom. The van der Waals surface area contributed by atoms with E-state index >= 15 is 0 Å². The summed E-state index contributed by atoms with van der Waals surface area (Å²) in [7, 11) is 0. The van der Waals surface area contributed by atoms with Gasteiger partial charge in [-0.1, -0.05) is 0 Å². The van der Waals surface area contributed by atoms with Gasteiger partial charge >= 0.3 is 0 Å². The molecule has 5 nitrogen and oxygen atoms in total. The average molecular weight is 299 g/mol. The Kier molecular flexibility index (Phi) is 4.30. The van der Waals surface area contributed by atoms with E-state index in [1.165, 1.54) is 19.4 Å². The van der Waals surface area contributed by atoms with E-state index in [1.807, 2.05) is 13.8 Å². The van der Waals surface area contributed by atoms with Crippen LogP contribution in [0.4, 0.5) is 5.82 Å². The molecule has 5 heteroatoms. The molecule has 2 fully saturated rings.